The van der Waals surface area contributed by atoms with E-state index in [1.54, 1.807) is 0 Å². The number of carbonyl (C=O) groups is 1. The van der Waals surface area contributed by atoms with Gasteiger partial charge in [0.25, 0.3) is 0 Å². The number of hydrogen-bond acceptors (Lipinski definition) is 5. The van der Waals surface area contributed by atoms with Crippen LogP contribution in [-0.4, -0.2) is 32.2 Å². The summed E-state index contributed by atoms with van der Waals surface area (Å²) in [5.41, 5.74) is 8.35. The highest BCUT2D eigenvalue weighted by molar-refractivity contribution is 5.95. The molecule has 112 valence electrons. The van der Waals surface area contributed by atoms with Crippen LogP contribution in [0.1, 0.15) is 25.8 Å². The van der Waals surface area contributed by atoms with Gasteiger partial charge in [0.1, 0.15) is 6.33 Å². The maximum atomic E-state index is 12.1. The lowest BCUT2D eigenvalue weighted by Crippen LogP contribution is -2.36. The van der Waals surface area contributed by atoms with Gasteiger partial charge in [-0.05, 0) is 47.4 Å². The van der Waals surface area contributed by atoms with E-state index in [9.17, 15) is 4.79 Å². The monoisotopic (exact) mass is 288 g/mol. The van der Waals surface area contributed by atoms with Crippen molar-refractivity contribution >= 4 is 11.6 Å². The standard InChI is InChI=1S/C14H20N6O/c1-9(2)6-12(15)14(21)17-13-7-11(5-4-10(13)3)20-8-16-18-19-20/h4-5,7-9,12H,6,15H2,1-3H3,(H,17,21)/t12-/m1/s1. The molecule has 3 N–H and O–H groups in total. The van der Waals surface area contributed by atoms with Crippen molar-refractivity contribution in [2.75, 3.05) is 5.32 Å². The number of nitrogens with two attached hydrogens (primary N) is 1. The van der Waals surface area contributed by atoms with Crippen molar-refractivity contribution in [3.8, 4) is 5.69 Å². The molecular weight excluding hydrogens is 268 g/mol. The Morgan fingerprint density at radius 1 is 1.43 bits per heavy atom. The van der Waals surface area contributed by atoms with Gasteiger partial charge in [-0.25, -0.2) is 4.68 Å². The van der Waals surface area contributed by atoms with Crippen molar-refractivity contribution < 1.29 is 4.79 Å². The van der Waals surface area contributed by atoms with Gasteiger partial charge in [-0.3, -0.25) is 4.79 Å². The van der Waals surface area contributed by atoms with Gasteiger partial charge in [-0.1, -0.05) is 19.9 Å². The Morgan fingerprint density at radius 2 is 2.19 bits per heavy atom. The molecule has 1 atom stereocenters. The van der Waals surface area contributed by atoms with Crippen molar-refractivity contribution in [3.63, 3.8) is 0 Å². The number of aryl methyl sites for hydroxylation is 1. The summed E-state index contributed by atoms with van der Waals surface area (Å²) in [6.45, 7) is 6.00. The Hall–Kier alpha value is -2.28. The van der Waals surface area contributed by atoms with Crippen LogP contribution in [0.5, 0.6) is 0 Å². The van der Waals surface area contributed by atoms with Gasteiger partial charge in [0.15, 0.2) is 0 Å². The Bertz CT molecular complexity index is 608. The maximum absolute atomic E-state index is 12.1. The molecule has 0 aliphatic rings. The van der Waals surface area contributed by atoms with Gasteiger partial charge < -0.3 is 11.1 Å². The zero-order valence-electron chi connectivity index (χ0n) is 12.4. The van der Waals surface area contributed by atoms with Crippen LogP contribution in [0, 0.1) is 12.8 Å². The molecule has 0 aliphatic carbocycles. The number of nitrogens with zero attached hydrogens (tertiary/aromatic N) is 4. The molecule has 1 heterocycles. The fourth-order valence-corrected chi connectivity index (χ4v) is 2.01. The van der Waals surface area contributed by atoms with Gasteiger partial charge in [0, 0.05) is 5.69 Å². The highest BCUT2D eigenvalue weighted by atomic mass is 16.2. The summed E-state index contributed by atoms with van der Waals surface area (Å²) < 4.78 is 1.53. The second kappa shape index (κ2) is 6.45. The summed E-state index contributed by atoms with van der Waals surface area (Å²) in [4.78, 5) is 12.1. The highest BCUT2D eigenvalue weighted by Gasteiger charge is 2.16. The van der Waals surface area contributed by atoms with Crippen LogP contribution in [-0.2, 0) is 4.79 Å². The number of carbonyl (C=O) groups excluding carboxylic acids is 1. The van der Waals surface area contributed by atoms with E-state index >= 15 is 0 Å². The zero-order chi connectivity index (χ0) is 15.4. The fraction of sp³-hybridized carbons (Fsp3) is 0.429. The predicted molar refractivity (Wildman–Crippen MR) is 80.0 cm³/mol. The van der Waals surface area contributed by atoms with E-state index in [2.05, 4.69) is 20.8 Å². The van der Waals surface area contributed by atoms with Gasteiger partial charge in [0.2, 0.25) is 5.91 Å². The third-order valence-corrected chi connectivity index (χ3v) is 3.15. The average molecular weight is 288 g/mol. The number of benzene rings is 1. The van der Waals surface area contributed by atoms with Gasteiger partial charge in [-0.2, -0.15) is 0 Å². The first-order chi connectivity index (χ1) is 9.97. The second-order valence-corrected chi connectivity index (χ2v) is 5.48. The number of anilines is 1. The van der Waals surface area contributed by atoms with Crippen molar-refractivity contribution in [1.29, 1.82) is 0 Å². The van der Waals surface area contributed by atoms with E-state index < -0.39 is 6.04 Å². The Labute approximate surface area is 123 Å². The number of nitrogens with one attached hydrogen (secondary N) is 1. The third-order valence-electron chi connectivity index (χ3n) is 3.15. The van der Waals surface area contributed by atoms with Gasteiger partial charge in [-0.15, -0.1) is 5.10 Å². The minimum atomic E-state index is -0.513. The molecule has 2 aromatic rings. The van der Waals surface area contributed by atoms with Crippen LogP contribution < -0.4 is 11.1 Å². The van der Waals surface area contributed by atoms with E-state index in [1.807, 2.05) is 39.0 Å². The first-order valence-electron chi connectivity index (χ1n) is 6.88. The molecule has 21 heavy (non-hydrogen) atoms. The Balaban J connectivity index is 2.16. The second-order valence-electron chi connectivity index (χ2n) is 5.48. The van der Waals surface area contributed by atoms with E-state index in [1.165, 1.54) is 11.0 Å². The van der Waals surface area contributed by atoms with Crippen LogP contribution in [0.4, 0.5) is 5.69 Å². The number of tetrazole rings is 1. The molecule has 0 bridgehead atoms. The number of hydrogen-bond donors (Lipinski definition) is 2. The van der Waals surface area contributed by atoms with E-state index in [4.69, 9.17) is 5.73 Å². The lowest BCUT2D eigenvalue weighted by molar-refractivity contribution is -0.117. The summed E-state index contributed by atoms with van der Waals surface area (Å²) in [7, 11) is 0. The summed E-state index contributed by atoms with van der Waals surface area (Å²) in [6, 6.07) is 5.10. The van der Waals surface area contributed by atoms with Crippen molar-refractivity contribution in [1.82, 2.24) is 20.2 Å². The average Bonchev–Trinajstić information content (AvgIpc) is 2.94. The van der Waals surface area contributed by atoms with E-state index in [-0.39, 0.29) is 5.91 Å². The molecule has 1 aromatic heterocycles. The van der Waals surface area contributed by atoms with Crippen molar-refractivity contribution in [2.45, 2.75) is 33.2 Å². The Kier molecular flexibility index (Phi) is 4.64. The predicted octanol–water partition coefficient (Wildman–Crippen LogP) is 1.28. The first kappa shape index (κ1) is 15.1. The van der Waals surface area contributed by atoms with Crippen LogP contribution >= 0.6 is 0 Å². The van der Waals surface area contributed by atoms with Crippen LogP contribution in [0.2, 0.25) is 0 Å². The molecular formula is C14H20N6O. The minimum absolute atomic E-state index is 0.180. The molecule has 7 heteroatoms. The van der Waals surface area contributed by atoms with Gasteiger partial charge >= 0.3 is 0 Å². The number of aromatic nitrogens is 4. The van der Waals surface area contributed by atoms with Crippen LogP contribution in [0.15, 0.2) is 24.5 Å². The minimum Gasteiger partial charge on any atom is -0.324 e. The maximum Gasteiger partial charge on any atom is 0.241 e. The molecule has 0 radical (unpaired) electrons. The SMILES string of the molecule is Cc1ccc(-n2cnnn2)cc1NC(=O)[C@H](N)CC(C)C. The number of rotatable bonds is 5. The zero-order valence-corrected chi connectivity index (χ0v) is 12.4. The topological polar surface area (TPSA) is 98.7 Å². The molecule has 1 aromatic carbocycles. The molecule has 0 spiro atoms. The molecule has 2 rings (SSSR count). The number of amides is 1. The molecule has 0 fully saturated rings. The largest absolute Gasteiger partial charge is 0.324 e. The normalized spacial score (nSPS) is 12.4. The molecule has 1 amide bonds. The van der Waals surface area contributed by atoms with Crippen LogP contribution in [0.25, 0.3) is 5.69 Å². The summed E-state index contributed by atoms with van der Waals surface area (Å²) >= 11 is 0. The molecule has 0 aliphatic heterocycles. The first-order valence-corrected chi connectivity index (χ1v) is 6.88. The summed E-state index contributed by atoms with van der Waals surface area (Å²) in [6.07, 6.45) is 2.15. The van der Waals surface area contributed by atoms with Crippen molar-refractivity contribution in [2.24, 2.45) is 11.7 Å². The quantitative estimate of drug-likeness (QED) is 0.863. The molecule has 0 saturated heterocycles. The molecule has 0 saturated carbocycles. The third kappa shape index (κ3) is 3.85. The lowest BCUT2D eigenvalue weighted by atomic mass is 10.0. The van der Waals surface area contributed by atoms with Crippen molar-refractivity contribution in [3.05, 3.63) is 30.1 Å². The van der Waals surface area contributed by atoms with Gasteiger partial charge in [0.05, 0.1) is 11.7 Å². The molecule has 7 nitrogen and oxygen atoms in total. The summed E-state index contributed by atoms with van der Waals surface area (Å²) in [5.74, 6) is 0.195. The smallest absolute Gasteiger partial charge is 0.241 e. The lowest BCUT2D eigenvalue weighted by Gasteiger charge is -2.16. The fourth-order valence-electron chi connectivity index (χ4n) is 2.01. The summed E-state index contributed by atoms with van der Waals surface area (Å²) in [5, 5.41) is 13.9. The van der Waals surface area contributed by atoms with E-state index in [0.717, 1.165) is 11.3 Å². The van der Waals surface area contributed by atoms with Crippen LogP contribution in [0.3, 0.4) is 0 Å². The molecule has 0 unspecified atom stereocenters. The Morgan fingerprint density at radius 3 is 2.81 bits per heavy atom. The van der Waals surface area contributed by atoms with E-state index in [0.29, 0.717) is 18.0 Å². The highest BCUT2D eigenvalue weighted by Crippen LogP contribution is 2.19.